The Morgan fingerprint density at radius 3 is 3.00 bits per heavy atom. The minimum absolute atomic E-state index is 0.111. The summed E-state index contributed by atoms with van der Waals surface area (Å²) in [7, 11) is 1.39. The van der Waals surface area contributed by atoms with Gasteiger partial charge in [-0.25, -0.2) is 10.1 Å². The number of nitrogens with zero attached hydrogens (tertiary/aromatic N) is 1. The molecule has 0 radical (unpaired) electrons. The fourth-order valence-corrected chi connectivity index (χ4v) is 2.32. The summed E-state index contributed by atoms with van der Waals surface area (Å²) in [6, 6.07) is 5.64. The molecule has 0 saturated carbocycles. The summed E-state index contributed by atoms with van der Waals surface area (Å²) in [5.74, 6) is 2.04. The fraction of sp³-hybridized carbons (Fsp3) is 0.385. The van der Waals surface area contributed by atoms with E-state index in [2.05, 4.69) is 5.97 Å². The first-order valence-electron chi connectivity index (χ1n) is 5.84. The molecule has 1 aromatic rings. The summed E-state index contributed by atoms with van der Waals surface area (Å²) in [4.78, 5) is 11.4. The summed E-state index contributed by atoms with van der Waals surface area (Å²) in [5.41, 5.74) is 2.98. The lowest BCUT2D eigenvalue weighted by Gasteiger charge is -2.07. The van der Waals surface area contributed by atoms with Gasteiger partial charge in [0, 0.05) is 5.97 Å². The van der Waals surface area contributed by atoms with Crippen LogP contribution in [0.15, 0.2) is 18.2 Å². The summed E-state index contributed by atoms with van der Waals surface area (Å²) >= 11 is 0. The molecule has 0 amide bonds. The van der Waals surface area contributed by atoms with Crippen LogP contribution in [0, 0.1) is 11.2 Å². The van der Waals surface area contributed by atoms with Gasteiger partial charge in [-0.15, -0.1) is 0 Å². The predicted molar refractivity (Wildman–Crippen MR) is 66.0 cm³/mol. The maximum atomic E-state index is 11.4. The highest BCUT2D eigenvalue weighted by Gasteiger charge is 2.21. The Hall–Kier alpha value is -1.76. The molecule has 0 spiro atoms. The van der Waals surface area contributed by atoms with E-state index in [1.807, 2.05) is 12.1 Å². The monoisotopic (exact) mass is 227 g/mol. The highest BCUT2D eigenvalue weighted by atomic mass is 16.5. The molecule has 4 heteroatoms. The quantitative estimate of drug-likeness (QED) is 0.545. The van der Waals surface area contributed by atoms with Gasteiger partial charge >= 0.3 is 5.97 Å². The van der Waals surface area contributed by atoms with Gasteiger partial charge in [-0.3, -0.25) is 0 Å². The third-order valence-corrected chi connectivity index (χ3v) is 3.27. The number of hydrogen-bond acceptors (Lipinski definition) is 3. The first kappa shape index (κ1) is 11.7. The summed E-state index contributed by atoms with van der Waals surface area (Å²) in [5, 5.41) is 9.00. The first-order chi connectivity index (χ1) is 8.24. The number of ether oxygens (including phenoxy) is 1. The minimum atomic E-state index is -0.297. The van der Waals surface area contributed by atoms with Crippen LogP contribution in [0.5, 0.6) is 0 Å². The Morgan fingerprint density at radius 1 is 1.47 bits per heavy atom. The molecule has 0 fully saturated rings. The number of aryl methyl sites for hydroxylation is 1. The maximum Gasteiger partial charge on any atom is 0.337 e. The van der Waals surface area contributed by atoms with Crippen molar-refractivity contribution in [2.75, 3.05) is 7.11 Å². The molecule has 0 aromatic heterocycles. The number of carbonyl (C=O) groups is 1. The van der Waals surface area contributed by atoms with Crippen LogP contribution >= 0.6 is 0 Å². The van der Waals surface area contributed by atoms with Gasteiger partial charge in [-0.1, -0.05) is 24.4 Å². The van der Waals surface area contributed by atoms with Gasteiger partial charge in [0.25, 0.3) is 6.71 Å². The van der Waals surface area contributed by atoms with Crippen molar-refractivity contribution < 1.29 is 9.53 Å². The molecule has 0 bridgehead atoms. The van der Waals surface area contributed by atoms with Crippen molar-refractivity contribution in [1.82, 2.24) is 0 Å². The Balaban J connectivity index is 2.31. The Kier molecular flexibility index (Phi) is 3.48. The molecule has 0 unspecified atom stereocenters. The number of benzene rings is 1. The van der Waals surface area contributed by atoms with Crippen LogP contribution in [-0.4, -0.2) is 19.8 Å². The average molecular weight is 227 g/mol. The lowest BCUT2D eigenvalue weighted by atomic mass is 9.45. The van der Waals surface area contributed by atoms with E-state index in [0.29, 0.717) is 5.56 Å². The van der Waals surface area contributed by atoms with E-state index >= 15 is 0 Å². The van der Waals surface area contributed by atoms with Gasteiger partial charge in [0.15, 0.2) is 0 Å². The Labute approximate surface area is 101 Å². The van der Waals surface area contributed by atoms with E-state index in [9.17, 15) is 4.79 Å². The molecular weight excluding hydrogens is 213 g/mol. The molecule has 1 aliphatic heterocycles. The molecule has 0 N–H and O–H groups in total. The van der Waals surface area contributed by atoms with Crippen molar-refractivity contribution in [3.8, 4) is 5.97 Å². The highest BCUT2D eigenvalue weighted by Crippen LogP contribution is 2.22. The van der Waals surface area contributed by atoms with Crippen LogP contribution < -0.4 is 0 Å². The molecule has 1 aromatic carbocycles. The van der Waals surface area contributed by atoms with E-state index in [1.54, 1.807) is 6.07 Å². The molecule has 1 aliphatic rings. The number of methoxy groups -OCH3 is 1. The predicted octanol–water partition coefficient (Wildman–Crippen LogP) is 2.06. The third-order valence-electron chi connectivity index (χ3n) is 3.27. The molecule has 3 nitrogen and oxygen atoms in total. The van der Waals surface area contributed by atoms with Crippen molar-refractivity contribution in [1.29, 1.82) is 5.26 Å². The van der Waals surface area contributed by atoms with Crippen LogP contribution in [0.25, 0.3) is 0 Å². The van der Waals surface area contributed by atoms with Crippen LogP contribution in [0.1, 0.15) is 27.9 Å². The normalized spacial score (nSPS) is 14.5. The average Bonchev–Trinajstić information content (AvgIpc) is 2.58. The topological polar surface area (TPSA) is 50.1 Å². The molecule has 0 saturated heterocycles. The standard InChI is InChI=1S/C13H14BNO2/c1-17-13(16)11-4-5-12-8-14(9-15)6-2-3-10(12)7-11/h4-5,7H,2-3,6,8H2,1H3. The lowest BCUT2D eigenvalue weighted by Crippen LogP contribution is -2.13. The zero-order valence-electron chi connectivity index (χ0n) is 9.90. The molecular formula is C13H14BNO2. The zero-order chi connectivity index (χ0) is 12.3. The zero-order valence-corrected chi connectivity index (χ0v) is 9.90. The third kappa shape index (κ3) is 2.50. The van der Waals surface area contributed by atoms with Gasteiger partial charge in [0.2, 0.25) is 0 Å². The molecule has 86 valence electrons. The first-order valence-corrected chi connectivity index (χ1v) is 5.84. The largest absolute Gasteiger partial charge is 0.465 e. The van der Waals surface area contributed by atoms with Crippen molar-refractivity contribution >= 4 is 12.7 Å². The summed E-state index contributed by atoms with van der Waals surface area (Å²) < 4.78 is 4.71. The number of fused-ring (bicyclic) bond motifs is 1. The van der Waals surface area contributed by atoms with Crippen LogP contribution in [0.4, 0.5) is 0 Å². The lowest BCUT2D eigenvalue weighted by molar-refractivity contribution is 0.0600. The Bertz CT molecular complexity index is 479. The van der Waals surface area contributed by atoms with Crippen molar-refractivity contribution in [2.45, 2.75) is 25.5 Å². The molecule has 0 aliphatic carbocycles. The van der Waals surface area contributed by atoms with Gasteiger partial charge in [-0.05, 0) is 30.4 Å². The molecule has 17 heavy (non-hydrogen) atoms. The van der Waals surface area contributed by atoms with Gasteiger partial charge in [0.1, 0.15) is 0 Å². The van der Waals surface area contributed by atoms with Crippen LogP contribution in [-0.2, 0) is 17.5 Å². The van der Waals surface area contributed by atoms with Crippen molar-refractivity contribution in [3.63, 3.8) is 0 Å². The van der Waals surface area contributed by atoms with Gasteiger partial charge in [0.05, 0.1) is 12.7 Å². The van der Waals surface area contributed by atoms with E-state index < -0.39 is 0 Å². The SMILES string of the molecule is COC(=O)c1ccc2c(c1)CCCB(C#N)C2. The smallest absolute Gasteiger partial charge is 0.337 e. The Morgan fingerprint density at radius 2 is 2.29 bits per heavy atom. The number of carbonyl (C=O) groups excluding carboxylic acids is 1. The molecule has 2 rings (SSSR count). The summed E-state index contributed by atoms with van der Waals surface area (Å²) in [6.07, 6.45) is 3.69. The highest BCUT2D eigenvalue weighted by molar-refractivity contribution is 6.66. The van der Waals surface area contributed by atoms with Crippen molar-refractivity contribution in [2.24, 2.45) is 0 Å². The van der Waals surface area contributed by atoms with Gasteiger partial charge < -0.3 is 4.74 Å². The number of rotatable bonds is 1. The van der Waals surface area contributed by atoms with E-state index in [0.717, 1.165) is 25.5 Å². The minimum Gasteiger partial charge on any atom is -0.465 e. The van der Waals surface area contributed by atoms with Crippen LogP contribution in [0.2, 0.25) is 6.32 Å². The van der Waals surface area contributed by atoms with Crippen LogP contribution in [0.3, 0.4) is 0 Å². The van der Waals surface area contributed by atoms with E-state index in [4.69, 9.17) is 10.00 Å². The number of hydrogen-bond donors (Lipinski definition) is 0. The molecule has 1 heterocycles. The molecule has 0 atom stereocenters. The fourth-order valence-electron chi connectivity index (χ4n) is 2.32. The second-order valence-electron chi connectivity index (χ2n) is 4.40. The second kappa shape index (κ2) is 5.05. The number of nitriles is 1. The van der Waals surface area contributed by atoms with E-state index in [1.165, 1.54) is 18.2 Å². The van der Waals surface area contributed by atoms with Crippen molar-refractivity contribution in [3.05, 3.63) is 34.9 Å². The second-order valence-corrected chi connectivity index (χ2v) is 4.40. The summed E-state index contributed by atoms with van der Waals surface area (Å²) in [6.45, 7) is 0.111. The number of esters is 1. The van der Waals surface area contributed by atoms with Gasteiger partial charge in [-0.2, -0.15) is 0 Å². The van der Waals surface area contributed by atoms with E-state index in [-0.39, 0.29) is 12.7 Å². The maximum absolute atomic E-state index is 11.4.